The molecule has 1 saturated heterocycles. The minimum absolute atomic E-state index is 0.317. The molecular formula is C15H18N2O. The minimum atomic E-state index is 0.317. The molecule has 3 heteroatoms. The summed E-state index contributed by atoms with van der Waals surface area (Å²) in [4.78, 5) is 4.47. The Labute approximate surface area is 107 Å². The van der Waals surface area contributed by atoms with Crippen LogP contribution in [-0.4, -0.2) is 24.7 Å². The van der Waals surface area contributed by atoms with Crippen molar-refractivity contribution < 1.29 is 4.74 Å². The number of rotatable bonds is 4. The summed E-state index contributed by atoms with van der Waals surface area (Å²) in [5.41, 5.74) is 2.68. The summed E-state index contributed by atoms with van der Waals surface area (Å²) >= 11 is 0. The van der Waals surface area contributed by atoms with E-state index in [1.165, 1.54) is 10.9 Å². The molecule has 1 aliphatic rings. The van der Waals surface area contributed by atoms with Gasteiger partial charge < -0.3 is 10.1 Å². The molecule has 0 atom stereocenters. The second-order valence-corrected chi connectivity index (χ2v) is 5.40. The van der Waals surface area contributed by atoms with Crippen molar-refractivity contribution in [1.82, 2.24) is 10.3 Å². The van der Waals surface area contributed by atoms with Crippen LogP contribution in [0.25, 0.3) is 10.9 Å². The van der Waals surface area contributed by atoms with E-state index in [9.17, 15) is 0 Å². The van der Waals surface area contributed by atoms with E-state index in [0.717, 1.165) is 31.8 Å². The Kier molecular flexibility index (Phi) is 3.02. The zero-order chi connectivity index (χ0) is 12.4. The van der Waals surface area contributed by atoms with Gasteiger partial charge in [0.25, 0.3) is 0 Å². The van der Waals surface area contributed by atoms with E-state index in [0.29, 0.717) is 5.41 Å². The van der Waals surface area contributed by atoms with Gasteiger partial charge >= 0.3 is 0 Å². The average Bonchev–Trinajstić information content (AvgIpc) is 2.37. The van der Waals surface area contributed by atoms with Gasteiger partial charge in [0.2, 0.25) is 0 Å². The lowest BCUT2D eigenvalue weighted by Gasteiger charge is -2.38. The number of fused-ring (bicyclic) bond motifs is 1. The van der Waals surface area contributed by atoms with Crippen molar-refractivity contribution in [3.8, 4) is 0 Å². The number of ether oxygens (including phenoxy) is 1. The highest BCUT2D eigenvalue weighted by Gasteiger charge is 2.32. The smallest absolute Gasteiger partial charge is 0.0746 e. The van der Waals surface area contributed by atoms with E-state index < -0.39 is 0 Å². The van der Waals surface area contributed by atoms with Crippen molar-refractivity contribution in [2.24, 2.45) is 5.41 Å². The van der Waals surface area contributed by atoms with Crippen LogP contribution in [0.5, 0.6) is 0 Å². The maximum Gasteiger partial charge on any atom is 0.0746 e. The summed E-state index contributed by atoms with van der Waals surface area (Å²) in [6.07, 6.45) is 1.85. The van der Waals surface area contributed by atoms with Crippen molar-refractivity contribution in [2.75, 3.05) is 19.8 Å². The summed E-state index contributed by atoms with van der Waals surface area (Å²) in [5, 5.41) is 4.72. The quantitative estimate of drug-likeness (QED) is 0.893. The first-order valence-electron chi connectivity index (χ1n) is 6.38. The van der Waals surface area contributed by atoms with Crippen LogP contribution in [0.1, 0.15) is 12.5 Å². The highest BCUT2D eigenvalue weighted by molar-refractivity contribution is 5.81. The Balaban J connectivity index is 1.70. The van der Waals surface area contributed by atoms with Crippen LogP contribution in [0.15, 0.2) is 36.5 Å². The standard InChI is InChI=1S/C15H18N2O/c1-15(10-18-11-15)9-16-8-13-5-2-4-12-6-3-7-17-14(12)13/h2-7,16H,8-11H2,1H3. The van der Waals surface area contributed by atoms with E-state index in [4.69, 9.17) is 4.74 Å². The molecule has 0 radical (unpaired) electrons. The molecule has 0 aliphatic carbocycles. The van der Waals surface area contributed by atoms with Gasteiger partial charge in [-0.1, -0.05) is 31.2 Å². The van der Waals surface area contributed by atoms with Gasteiger partial charge in [-0.15, -0.1) is 0 Å². The largest absolute Gasteiger partial charge is 0.380 e. The molecule has 2 aromatic rings. The SMILES string of the molecule is CC1(CNCc2cccc3cccnc23)COC1. The lowest BCUT2D eigenvalue weighted by Crippen LogP contribution is -2.47. The molecule has 18 heavy (non-hydrogen) atoms. The molecule has 3 nitrogen and oxygen atoms in total. The Hall–Kier alpha value is -1.45. The Morgan fingerprint density at radius 3 is 2.89 bits per heavy atom. The normalized spacial score (nSPS) is 17.6. The van der Waals surface area contributed by atoms with Crippen molar-refractivity contribution in [2.45, 2.75) is 13.5 Å². The summed E-state index contributed by atoms with van der Waals surface area (Å²) < 4.78 is 5.26. The molecule has 0 spiro atoms. The van der Waals surface area contributed by atoms with E-state index in [2.05, 4.69) is 41.5 Å². The van der Waals surface area contributed by atoms with Crippen molar-refractivity contribution in [3.63, 3.8) is 0 Å². The molecule has 0 saturated carbocycles. The second-order valence-electron chi connectivity index (χ2n) is 5.40. The second kappa shape index (κ2) is 4.67. The molecular weight excluding hydrogens is 224 g/mol. The maximum absolute atomic E-state index is 5.26. The van der Waals surface area contributed by atoms with Gasteiger partial charge in [-0.25, -0.2) is 0 Å². The highest BCUT2D eigenvalue weighted by atomic mass is 16.5. The monoisotopic (exact) mass is 242 g/mol. The molecule has 1 aromatic carbocycles. The molecule has 1 N–H and O–H groups in total. The molecule has 3 rings (SSSR count). The Morgan fingerprint density at radius 2 is 2.11 bits per heavy atom. The van der Waals surface area contributed by atoms with Crippen LogP contribution in [0.2, 0.25) is 0 Å². The Bertz CT molecular complexity index is 544. The summed E-state index contributed by atoms with van der Waals surface area (Å²) in [5.74, 6) is 0. The van der Waals surface area contributed by atoms with Crippen LogP contribution in [-0.2, 0) is 11.3 Å². The van der Waals surface area contributed by atoms with Crippen LogP contribution < -0.4 is 5.32 Å². The molecule has 0 unspecified atom stereocenters. The molecule has 1 aliphatic heterocycles. The predicted molar refractivity (Wildman–Crippen MR) is 72.4 cm³/mol. The third-order valence-corrected chi connectivity index (χ3v) is 3.48. The van der Waals surface area contributed by atoms with Crippen molar-refractivity contribution in [1.29, 1.82) is 0 Å². The molecule has 1 fully saturated rings. The zero-order valence-electron chi connectivity index (χ0n) is 10.6. The summed E-state index contributed by atoms with van der Waals surface area (Å²) in [6.45, 7) is 5.85. The lowest BCUT2D eigenvalue weighted by atomic mass is 9.89. The molecule has 1 aromatic heterocycles. The van der Waals surface area contributed by atoms with Crippen LogP contribution in [0, 0.1) is 5.41 Å². The molecule has 2 heterocycles. The lowest BCUT2D eigenvalue weighted by molar-refractivity contribution is -0.0991. The molecule has 0 amide bonds. The predicted octanol–water partition coefficient (Wildman–Crippen LogP) is 2.36. The molecule has 0 bridgehead atoms. The third-order valence-electron chi connectivity index (χ3n) is 3.48. The fraction of sp³-hybridized carbons (Fsp3) is 0.400. The number of para-hydroxylation sites is 1. The summed E-state index contributed by atoms with van der Waals surface area (Å²) in [7, 11) is 0. The fourth-order valence-electron chi connectivity index (χ4n) is 2.36. The van der Waals surface area contributed by atoms with Crippen molar-refractivity contribution in [3.05, 3.63) is 42.1 Å². The first-order chi connectivity index (χ1) is 8.77. The van der Waals surface area contributed by atoms with Gasteiger partial charge in [-0.3, -0.25) is 4.98 Å². The topological polar surface area (TPSA) is 34.2 Å². The van der Waals surface area contributed by atoms with Crippen molar-refractivity contribution >= 4 is 10.9 Å². The minimum Gasteiger partial charge on any atom is -0.380 e. The van der Waals surface area contributed by atoms with E-state index in [-0.39, 0.29) is 0 Å². The van der Waals surface area contributed by atoms with E-state index in [1.807, 2.05) is 12.3 Å². The fourth-order valence-corrected chi connectivity index (χ4v) is 2.36. The van der Waals surface area contributed by atoms with Gasteiger partial charge in [0, 0.05) is 30.1 Å². The zero-order valence-corrected chi connectivity index (χ0v) is 10.6. The van der Waals surface area contributed by atoms with Crippen LogP contribution >= 0.6 is 0 Å². The highest BCUT2D eigenvalue weighted by Crippen LogP contribution is 2.25. The van der Waals surface area contributed by atoms with Crippen LogP contribution in [0.3, 0.4) is 0 Å². The number of pyridine rings is 1. The van der Waals surface area contributed by atoms with Gasteiger partial charge in [0.15, 0.2) is 0 Å². The van der Waals surface area contributed by atoms with Gasteiger partial charge in [0.05, 0.1) is 18.7 Å². The van der Waals surface area contributed by atoms with Crippen LogP contribution in [0.4, 0.5) is 0 Å². The third kappa shape index (κ3) is 2.24. The number of benzene rings is 1. The number of hydrogen-bond donors (Lipinski definition) is 1. The first-order valence-corrected chi connectivity index (χ1v) is 6.38. The van der Waals surface area contributed by atoms with E-state index in [1.54, 1.807) is 0 Å². The molecule has 94 valence electrons. The number of nitrogens with zero attached hydrogens (tertiary/aromatic N) is 1. The summed E-state index contributed by atoms with van der Waals surface area (Å²) in [6, 6.07) is 10.4. The van der Waals surface area contributed by atoms with Gasteiger partial charge in [-0.05, 0) is 11.6 Å². The van der Waals surface area contributed by atoms with Gasteiger partial charge in [0.1, 0.15) is 0 Å². The number of nitrogens with one attached hydrogen (secondary N) is 1. The maximum atomic E-state index is 5.26. The Morgan fingerprint density at radius 1 is 1.28 bits per heavy atom. The van der Waals surface area contributed by atoms with E-state index >= 15 is 0 Å². The number of aromatic nitrogens is 1. The number of hydrogen-bond acceptors (Lipinski definition) is 3. The first kappa shape index (κ1) is 11.6. The average molecular weight is 242 g/mol. The van der Waals surface area contributed by atoms with Gasteiger partial charge in [-0.2, -0.15) is 0 Å².